The Morgan fingerprint density at radius 1 is 0.971 bits per heavy atom. The van der Waals surface area contributed by atoms with Crippen molar-refractivity contribution in [3.63, 3.8) is 0 Å². The van der Waals surface area contributed by atoms with Gasteiger partial charge in [0.25, 0.3) is 0 Å². The summed E-state index contributed by atoms with van der Waals surface area (Å²) >= 11 is 18.6. The SMILES string of the molecule is CCOc1cc(/C=C2\N=C(c3ccc(Cl)c(Cl)c3)OC2=O)cc(Cl)c1OCc1cccc(C)c1. The number of cyclic esters (lactones) is 1. The molecule has 0 fully saturated rings. The summed E-state index contributed by atoms with van der Waals surface area (Å²) < 4.78 is 17.1. The minimum Gasteiger partial charge on any atom is -0.490 e. The lowest BCUT2D eigenvalue weighted by Crippen LogP contribution is -2.05. The van der Waals surface area contributed by atoms with Crippen LogP contribution in [0.4, 0.5) is 0 Å². The third-order valence-corrected chi connectivity index (χ3v) is 5.91. The fraction of sp³-hybridized carbons (Fsp3) is 0.154. The first-order valence-corrected chi connectivity index (χ1v) is 11.6. The summed E-state index contributed by atoms with van der Waals surface area (Å²) in [5, 5.41) is 1.09. The van der Waals surface area contributed by atoms with Crippen LogP contribution in [0.15, 0.2) is 65.3 Å². The zero-order valence-corrected chi connectivity index (χ0v) is 20.7. The molecule has 3 aromatic rings. The summed E-state index contributed by atoms with van der Waals surface area (Å²) in [5.41, 5.74) is 3.43. The van der Waals surface area contributed by atoms with Crippen molar-refractivity contribution in [3.8, 4) is 11.5 Å². The van der Waals surface area contributed by atoms with Crippen molar-refractivity contribution in [2.75, 3.05) is 6.61 Å². The Morgan fingerprint density at radius 3 is 2.53 bits per heavy atom. The predicted molar refractivity (Wildman–Crippen MR) is 135 cm³/mol. The van der Waals surface area contributed by atoms with Gasteiger partial charge in [-0.3, -0.25) is 0 Å². The molecule has 3 aromatic carbocycles. The molecule has 34 heavy (non-hydrogen) atoms. The van der Waals surface area contributed by atoms with Gasteiger partial charge in [0.2, 0.25) is 5.90 Å². The molecule has 0 aromatic heterocycles. The lowest BCUT2D eigenvalue weighted by molar-refractivity contribution is -0.129. The van der Waals surface area contributed by atoms with Gasteiger partial charge in [0.15, 0.2) is 17.2 Å². The van der Waals surface area contributed by atoms with E-state index < -0.39 is 5.97 Å². The van der Waals surface area contributed by atoms with Crippen molar-refractivity contribution in [1.29, 1.82) is 0 Å². The number of carbonyl (C=O) groups excluding carboxylic acids is 1. The molecule has 1 heterocycles. The summed E-state index contributed by atoms with van der Waals surface area (Å²) in [4.78, 5) is 16.7. The molecular formula is C26H20Cl3NO4. The highest BCUT2D eigenvalue weighted by atomic mass is 35.5. The average molecular weight is 517 g/mol. The van der Waals surface area contributed by atoms with Gasteiger partial charge >= 0.3 is 5.97 Å². The summed E-state index contributed by atoms with van der Waals surface area (Å²) in [6.07, 6.45) is 1.57. The number of nitrogens with zero attached hydrogens (tertiary/aromatic N) is 1. The quantitative estimate of drug-likeness (QED) is 0.245. The highest BCUT2D eigenvalue weighted by molar-refractivity contribution is 6.42. The van der Waals surface area contributed by atoms with Gasteiger partial charge in [0.05, 0.1) is 21.7 Å². The Balaban J connectivity index is 1.61. The lowest BCUT2D eigenvalue weighted by Gasteiger charge is -2.15. The second kappa shape index (κ2) is 10.5. The molecule has 0 unspecified atom stereocenters. The number of carbonyl (C=O) groups is 1. The Kier molecular flexibility index (Phi) is 7.47. The van der Waals surface area contributed by atoms with E-state index in [0.29, 0.717) is 50.9 Å². The van der Waals surface area contributed by atoms with Crippen molar-refractivity contribution in [2.45, 2.75) is 20.5 Å². The zero-order chi connectivity index (χ0) is 24.2. The second-order valence-corrected chi connectivity index (χ2v) is 8.73. The molecule has 174 valence electrons. The highest BCUT2D eigenvalue weighted by Gasteiger charge is 2.25. The predicted octanol–water partition coefficient (Wildman–Crippen LogP) is 7.28. The molecule has 8 heteroatoms. The van der Waals surface area contributed by atoms with Gasteiger partial charge in [-0.2, -0.15) is 0 Å². The van der Waals surface area contributed by atoms with E-state index in [2.05, 4.69) is 4.99 Å². The third kappa shape index (κ3) is 5.55. The van der Waals surface area contributed by atoms with E-state index in [9.17, 15) is 4.79 Å². The van der Waals surface area contributed by atoms with Gasteiger partial charge in [-0.05, 0) is 61.4 Å². The lowest BCUT2D eigenvalue weighted by atomic mass is 10.1. The zero-order valence-electron chi connectivity index (χ0n) is 18.4. The monoisotopic (exact) mass is 515 g/mol. The van der Waals surface area contributed by atoms with Gasteiger partial charge < -0.3 is 14.2 Å². The summed E-state index contributed by atoms with van der Waals surface area (Å²) in [6.45, 7) is 4.64. The molecule has 0 N–H and O–H groups in total. The van der Waals surface area contributed by atoms with Crippen LogP contribution in [0.3, 0.4) is 0 Å². The third-order valence-electron chi connectivity index (χ3n) is 4.89. The van der Waals surface area contributed by atoms with Gasteiger partial charge in [-0.1, -0.05) is 64.6 Å². The normalized spacial score (nSPS) is 14.2. The first-order chi connectivity index (χ1) is 16.3. The Labute approximate surface area is 212 Å². The van der Waals surface area contributed by atoms with Crippen LogP contribution in [0, 0.1) is 6.92 Å². The van der Waals surface area contributed by atoms with Crippen LogP contribution < -0.4 is 9.47 Å². The number of aliphatic imine (C=N–C) groups is 1. The first-order valence-electron chi connectivity index (χ1n) is 10.5. The van der Waals surface area contributed by atoms with E-state index in [1.165, 1.54) is 0 Å². The second-order valence-electron chi connectivity index (χ2n) is 7.51. The largest absolute Gasteiger partial charge is 0.490 e. The standard InChI is InChI=1S/C26H20Cl3NO4/c1-3-32-23-12-17(10-21(29)24(23)33-14-16-6-4-5-15(2)9-16)11-22-26(31)34-25(30-22)18-7-8-19(27)20(28)13-18/h4-13H,3,14H2,1-2H3/b22-11-. The molecule has 0 atom stereocenters. The van der Waals surface area contributed by atoms with Gasteiger partial charge in [-0.25, -0.2) is 9.79 Å². The summed E-state index contributed by atoms with van der Waals surface area (Å²) in [6, 6.07) is 16.3. The molecule has 0 radical (unpaired) electrons. The fourth-order valence-electron chi connectivity index (χ4n) is 3.35. The first kappa shape index (κ1) is 24.1. The molecule has 0 saturated carbocycles. The molecule has 0 spiro atoms. The number of hydrogen-bond donors (Lipinski definition) is 0. The van der Waals surface area contributed by atoms with Crippen molar-refractivity contribution >= 4 is 52.7 Å². The molecule has 0 aliphatic carbocycles. The van der Waals surface area contributed by atoms with Crippen LogP contribution in [0.1, 0.15) is 29.2 Å². The van der Waals surface area contributed by atoms with Crippen LogP contribution in [-0.4, -0.2) is 18.5 Å². The molecule has 4 rings (SSSR count). The van der Waals surface area contributed by atoms with Crippen molar-refractivity contribution in [1.82, 2.24) is 0 Å². The number of esters is 1. The van der Waals surface area contributed by atoms with Crippen molar-refractivity contribution in [2.24, 2.45) is 4.99 Å². The van der Waals surface area contributed by atoms with E-state index in [0.717, 1.165) is 11.1 Å². The average Bonchev–Trinajstić information content (AvgIpc) is 3.15. The van der Waals surface area contributed by atoms with Crippen LogP contribution in [0.25, 0.3) is 6.08 Å². The van der Waals surface area contributed by atoms with Gasteiger partial charge in [0, 0.05) is 5.56 Å². The van der Waals surface area contributed by atoms with Crippen LogP contribution >= 0.6 is 34.8 Å². The molecule has 0 amide bonds. The van der Waals surface area contributed by atoms with Gasteiger partial charge in [0.1, 0.15) is 6.61 Å². The Bertz CT molecular complexity index is 1320. The van der Waals surface area contributed by atoms with Crippen LogP contribution in [-0.2, 0) is 16.1 Å². The molecule has 0 saturated heterocycles. The number of hydrogen-bond acceptors (Lipinski definition) is 5. The van der Waals surface area contributed by atoms with Crippen LogP contribution in [0.2, 0.25) is 15.1 Å². The minimum absolute atomic E-state index is 0.119. The number of aryl methyl sites for hydroxylation is 1. The maximum atomic E-state index is 12.4. The van der Waals surface area contributed by atoms with E-state index in [1.807, 2.05) is 38.1 Å². The van der Waals surface area contributed by atoms with E-state index in [4.69, 9.17) is 49.0 Å². The van der Waals surface area contributed by atoms with Crippen LogP contribution in [0.5, 0.6) is 11.5 Å². The number of halogens is 3. The number of benzene rings is 3. The van der Waals surface area contributed by atoms with E-state index in [-0.39, 0.29) is 11.6 Å². The minimum atomic E-state index is -0.588. The molecule has 1 aliphatic heterocycles. The van der Waals surface area contributed by atoms with E-state index >= 15 is 0 Å². The van der Waals surface area contributed by atoms with Crippen molar-refractivity contribution in [3.05, 3.63) is 97.6 Å². The molecule has 5 nitrogen and oxygen atoms in total. The van der Waals surface area contributed by atoms with Crippen molar-refractivity contribution < 1.29 is 19.0 Å². The maximum absolute atomic E-state index is 12.4. The fourth-order valence-corrected chi connectivity index (χ4v) is 3.92. The smallest absolute Gasteiger partial charge is 0.363 e. The maximum Gasteiger partial charge on any atom is 0.363 e. The number of ether oxygens (including phenoxy) is 3. The molecule has 1 aliphatic rings. The van der Waals surface area contributed by atoms with Gasteiger partial charge in [-0.15, -0.1) is 0 Å². The Hall–Kier alpha value is -2.99. The molecular weight excluding hydrogens is 497 g/mol. The summed E-state index contributed by atoms with van der Waals surface area (Å²) in [7, 11) is 0. The summed E-state index contributed by atoms with van der Waals surface area (Å²) in [5.74, 6) is 0.453. The van der Waals surface area contributed by atoms with E-state index in [1.54, 1.807) is 36.4 Å². The Morgan fingerprint density at radius 2 is 1.79 bits per heavy atom. The number of rotatable bonds is 7. The topological polar surface area (TPSA) is 57.1 Å². The molecule has 0 bridgehead atoms. The highest BCUT2D eigenvalue weighted by Crippen LogP contribution is 2.38.